The molecule has 0 aliphatic heterocycles. The minimum Gasteiger partial charge on any atom is -0.748 e. The maximum Gasteiger partial charge on any atom is 2.00 e. The van der Waals surface area contributed by atoms with Gasteiger partial charge in [-0.05, 0) is 14.1 Å². The summed E-state index contributed by atoms with van der Waals surface area (Å²) in [6.07, 6.45) is 0. The van der Waals surface area contributed by atoms with Gasteiger partial charge in [0.2, 0.25) is 0 Å². The number of rotatable bonds is 9. The summed E-state index contributed by atoms with van der Waals surface area (Å²) >= 11 is 0. The summed E-state index contributed by atoms with van der Waals surface area (Å²) in [5, 5.41) is 0. The van der Waals surface area contributed by atoms with Gasteiger partial charge in [0.25, 0.3) is 0 Å². The Morgan fingerprint density at radius 1 is 0.737 bits per heavy atom. The first-order valence-corrected chi connectivity index (χ1v) is 8.39. The molecule has 0 aromatic carbocycles. The van der Waals surface area contributed by atoms with Crippen LogP contribution in [0.4, 0.5) is 0 Å². The predicted molar refractivity (Wildman–Crippen MR) is 64.1 cm³/mol. The predicted octanol–water partition coefficient (Wildman–Crippen LogP) is -2.06. The Morgan fingerprint density at radius 3 is 1.21 bits per heavy atom. The Bertz CT molecular complexity index is 396. The van der Waals surface area contributed by atoms with Crippen molar-refractivity contribution in [3.63, 3.8) is 0 Å². The minimum absolute atomic E-state index is 0. The van der Waals surface area contributed by atoms with Gasteiger partial charge in [-0.25, -0.2) is 16.8 Å². The fourth-order valence-electron chi connectivity index (χ4n) is 1.10. The van der Waals surface area contributed by atoms with E-state index in [-0.39, 0.29) is 29.9 Å². The first-order chi connectivity index (χ1) is 7.99. The third-order valence-corrected chi connectivity index (χ3v) is 3.67. The fourth-order valence-corrected chi connectivity index (χ4v) is 2.17. The molecular weight excluding hydrogens is 343 g/mol. The van der Waals surface area contributed by atoms with Crippen LogP contribution in [0.5, 0.6) is 0 Å². The average Bonchev–Trinajstić information content (AvgIpc) is 2.18. The van der Waals surface area contributed by atoms with Crippen molar-refractivity contribution in [1.82, 2.24) is 9.80 Å². The van der Waals surface area contributed by atoms with Crippen molar-refractivity contribution < 1.29 is 42.7 Å². The number of nitrogens with zero attached hydrogens (tertiary/aromatic N) is 2. The van der Waals surface area contributed by atoms with Gasteiger partial charge in [-0.3, -0.25) is 0 Å². The Hall–Kier alpha value is 0.246. The molecule has 0 aromatic heterocycles. The van der Waals surface area contributed by atoms with Crippen molar-refractivity contribution in [2.75, 3.05) is 51.8 Å². The van der Waals surface area contributed by atoms with Crippen molar-refractivity contribution in [2.45, 2.75) is 0 Å². The molecule has 8 nitrogen and oxygen atoms in total. The molecule has 19 heavy (non-hydrogen) atoms. The van der Waals surface area contributed by atoms with Gasteiger partial charge >= 0.3 is 16.8 Å². The molecule has 0 N–H and O–H groups in total. The second-order valence-electron chi connectivity index (χ2n) is 4.13. The summed E-state index contributed by atoms with van der Waals surface area (Å²) < 4.78 is 62.4. The molecule has 0 saturated carbocycles. The number of hydrogen-bond acceptors (Lipinski definition) is 8. The van der Waals surface area contributed by atoms with Gasteiger partial charge in [-0.2, -0.15) is 0 Å². The standard InChI is InChI=1S/C8H20N2O6S2.Co/c1-9(5-7-17(11,12)13)3-4-10(2)6-8-18(14,15)16;/h3-8H2,1-2H3,(H,11,12,13)(H,14,15,16);/q;+2/p-2. The van der Waals surface area contributed by atoms with Crippen LogP contribution in [0.15, 0.2) is 0 Å². The van der Waals surface area contributed by atoms with Crippen molar-refractivity contribution in [2.24, 2.45) is 0 Å². The fraction of sp³-hybridized carbons (Fsp3) is 1.00. The maximum absolute atomic E-state index is 10.4. The normalized spacial score (nSPS) is 12.7. The Morgan fingerprint density at radius 2 is 1.00 bits per heavy atom. The summed E-state index contributed by atoms with van der Waals surface area (Å²) in [5.74, 6) is -0.912. The zero-order valence-corrected chi connectivity index (χ0v) is 13.4. The summed E-state index contributed by atoms with van der Waals surface area (Å²) in [4.78, 5) is 3.30. The summed E-state index contributed by atoms with van der Waals surface area (Å²) in [7, 11) is -5.11. The Kier molecular flexibility index (Phi) is 10.5. The van der Waals surface area contributed by atoms with Gasteiger partial charge < -0.3 is 18.9 Å². The zero-order chi connectivity index (χ0) is 14.4. The van der Waals surface area contributed by atoms with Gasteiger partial charge in [-0.15, -0.1) is 0 Å². The molecular formula is C8H18CoN2O6S2. The van der Waals surface area contributed by atoms with Gasteiger partial charge in [0.15, 0.2) is 0 Å². The third-order valence-electron chi connectivity index (χ3n) is 2.31. The minimum atomic E-state index is -4.21. The van der Waals surface area contributed by atoms with Crippen LogP contribution < -0.4 is 0 Å². The largest absolute Gasteiger partial charge is 2.00 e. The molecule has 11 heteroatoms. The second kappa shape index (κ2) is 9.23. The number of likely N-dealkylation sites (N-methyl/N-ethyl adjacent to an activating group) is 2. The molecule has 0 saturated heterocycles. The summed E-state index contributed by atoms with van der Waals surface area (Å²) in [5.41, 5.74) is 0. The molecule has 0 aromatic rings. The van der Waals surface area contributed by atoms with Crippen LogP contribution >= 0.6 is 0 Å². The van der Waals surface area contributed by atoms with E-state index in [4.69, 9.17) is 0 Å². The molecule has 0 bridgehead atoms. The molecule has 0 aliphatic rings. The molecule has 0 atom stereocenters. The molecule has 0 aliphatic carbocycles. The van der Waals surface area contributed by atoms with Gasteiger partial charge in [0.1, 0.15) is 0 Å². The summed E-state index contributed by atoms with van der Waals surface area (Å²) in [6.45, 7) is 1.20. The summed E-state index contributed by atoms with van der Waals surface area (Å²) in [6, 6.07) is 0. The van der Waals surface area contributed by atoms with E-state index in [0.717, 1.165) is 0 Å². The maximum atomic E-state index is 10.4. The molecule has 0 spiro atoms. The van der Waals surface area contributed by atoms with Crippen LogP contribution in [0.3, 0.4) is 0 Å². The van der Waals surface area contributed by atoms with Crippen molar-refractivity contribution in [1.29, 1.82) is 0 Å². The average molecular weight is 361 g/mol. The van der Waals surface area contributed by atoms with Crippen LogP contribution in [0.2, 0.25) is 0 Å². The molecule has 0 fully saturated rings. The first kappa shape index (κ1) is 21.5. The topological polar surface area (TPSA) is 121 Å². The molecule has 0 heterocycles. The van der Waals surface area contributed by atoms with E-state index >= 15 is 0 Å². The van der Waals surface area contributed by atoms with E-state index in [1.165, 1.54) is 0 Å². The van der Waals surface area contributed by atoms with Gasteiger partial charge in [0, 0.05) is 26.2 Å². The monoisotopic (exact) mass is 361 g/mol. The second-order valence-corrected chi connectivity index (χ2v) is 7.18. The molecule has 117 valence electrons. The zero-order valence-electron chi connectivity index (χ0n) is 10.7. The molecule has 0 amide bonds. The SMILES string of the molecule is CN(CCN(C)CCS(=O)(=O)[O-])CCS(=O)(=O)[O-].[Co+2]. The van der Waals surface area contributed by atoms with Crippen LogP contribution in [0.25, 0.3) is 0 Å². The number of hydrogen-bond donors (Lipinski definition) is 0. The van der Waals surface area contributed by atoms with Crippen molar-refractivity contribution >= 4 is 20.2 Å². The molecule has 0 unspecified atom stereocenters. The van der Waals surface area contributed by atoms with Crippen LogP contribution in [-0.2, 0) is 37.0 Å². The van der Waals surface area contributed by atoms with E-state index in [0.29, 0.717) is 13.1 Å². The quantitative estimate of drug-likeness (QED) is 0.430. The van der Waals surface area contributed by atoms with E-state index in [1.54, 1.807) is 23.9 Å². The van der Waals surface area contributed by atoms with Crippen LogP contribution in [-0.4, -0.2) is 87.5 Å². The van der Waals surface area contributed by atoms with Crippen LogP contribution in [0, 0.1) is 0 Å². The van der Waals surface area contributed by atoms with E-state index in [2.05, 4.69) is 0 Å². The van der Waals surface area contributed by atoms with Crippen molar-refractivity contribution in [3.8, 4) is 0 Å². The van der Waals surface area contributed by atoms with E-state index in [1.807, 2.05) is 0 Å². The van der Waals surface area contributed by atoms with Gasteiger partial charge in [0.05, 0.1) is 31.7 Å². The first-order valence-electron chi connectivity index (χ1n) is 5.24. The third kappa shape index (κ3) is 16.2. The smallest absolute Gasteiger partial charge is 0.748 e. The Balaban J connectivity index is 0. The molecule has 1 radical (unpaired) electrons. The van der Waals surface area contributed by atoms with E-state index in [9.17, 15) is 25.9 Å². The van der Waals surface area contributed by atoms with Gasteiger partial charge in [-0.1, -0.05) is 0 Å². The molecule has 0 rings (SSSR count). The van der Waals surface area contributed by atoms with Crippen molar-refractivity contribution in [3.05, 3.63) is 0 Å². The van der Waals surface area contributed by atoms with E-state index < -0.39 is 31.7 Å². The Labute approximate surface area is 124 Å². The van der Waals surface area contributed by atoms with Crippen LogP contribution in [0.1, 0.15) is 0 Å².